The highest BCUT2D eigenvalue weighted by Gasteiger charge is 2.25. The summed E-state index contributed by atoms with van der Waals surface area (Å²) in [5, 5.41) is 9.72. The van der Waals surface area contributed by atoms with E-state index in [1.807, 2.05) is 21.1 Å². The number of quaternary nitrogens is 1. The van der Waals surface area contributed by atoms with Crippen molar-refractivity contribution in [3.05, 3.63) is 134 Å². The molecule has 0 aliphatic heterocycles. The summed E-state index contributed by atoms with van der Waals surface area (Å²) in [7, 11) is 5.96. The van der Waals surface area contributed by atoms with Gasteiger partial charge in [0.2, 0.25) is 0 Å². The summed E-state index contributed by atoms with van der Waals surface area (Å²) in [6, 6.07) is 0. The quantitative estimate of drug-likeness (QED) is 0.0211. The van der Waals surface area contributed by atoms with Gasteiger partial charge in [0, 0.05) is 12.8 Å². The molecular weight excluding hydrogens is 1010 g/mol. The number of aliphatic carboxylic acids is 1. The zero-order valence-electron chi connectivity index (χ0n) is 52.4. The lowest BCUT2D eigenvalue weighted by molar-refractivity contribution is -0.870. The number of carbonyl (C=O) groups excluding carboxylic acids is 2. The second-order valence-corrected chi connectivity index (χ2v) is 22.3. The van der Waals surface area contributed by atoms with Crippen molar-refractivity contribution in [1.29, 1.82) is 0 Å². The van der Waals surface area contributed by atoms with Gasteiger partial charge in [-0.2, -0.15) is 0 Å². The highest BCUT2D eigenvalue weighted by atomic mass is 16.7. The summed E-state index contributed by atoms with van der Waals surface area (Å²) < 4.78 is 22.9. The number of hydrogen-bond donors (Lipinski definition) is 1. The van der Waals surface area contributed by atoms with Gasteiger partial charge in [0.25, 0.3) is 6.29 Å². The number of nitrogens with zero attached hydrogens (tertiary/aromatic N) is 1. The molecule has 2 atom stereocenters. The van der Waals surface area contributed by atoms with E-state index in [0.29, 0.717) is 17.4 Å². The Bertz CT molecular complexity index is 1790. The summed E-state index contributed by atoms with van der Waals surface area (Å²) in [6.45, 7) is 4.63. The van der Waals surface area contributed by atoms with Crippen LogP contribution in [0.2, 0.25) is 0 Å². The Kier molecular flexibility index (Phi) is 58.0. The summed E-state index contributed by atoms with van der Waals surface area (Å²) in [5.41, 5.74) is 0. The van der Waals surface area contributed by atoms with Crippen molar-refractivity contribution in [2.24, 2.45) is 0 Å². The van der Waals surface area contributed by atoms with Crippen LogP contribution in [-0.4, -0.2) is 87.4 Å². The van der Waals surface area contributed by atoms with E-state index in [1.54, 1.807) is 0 Å². The first-order chi connectivity index (χ1) is 39.6. The molecule has 0 aromatic carbocycles. The summed E-state index contributed by atoms with van der Waals surface area (Å²) in [5.74, 6) is -2.03. The molecule has 2 unspecified atom stereocenters. The zero-order valence-corrected chi connectivity index (χ0v) is 52.4. The number of carbonyl (C=O) groups is 3. The van der Waals surface area contributed by atoms with Crippen LogP contribution in [0, 0.1) is 0 Å². The van der Waals surface area contributed by atoms with Crippen LogP contribution in [0.25, 0.3) is 0 Å². The van der Waals surface area contributed by atoms with Crippen LogP contribution in [0.1, 0.15) is 245 Å². The Morgan fingerprint density at radius 3 is 0.988 bits per heavy atom. The number of allylic oxidation sites excluding steroid dienone is 22. The van der Waals surface area contributed by atoms with E-state index in [4.69, 9.17) is 18.9 Å². The number of esters is 2. The summed E-state index contributed by atoms with van der Waals surface area (Å²) in [6.07, 6.45) is 85.5. The van der Waals surface area contributed by atoms with Crippen molar-refractivity contribution in [3.8, 4) is 0 Å². The number of ether oxygens (including phenoxy) is 4. The van der Waals surface area contributed by atoms with E-state index >= 15 is 0 Å². The van der Waals surface area contributed by atoms with E-state index in [1.165, 1.54) is 83.5 Å². The molecule has 1 N–H and O–H groups in total. The molecule has 0 amide bonds. The first-order valence-corrected chi connectivity index (χ1v) is 32.3. The Morgan fingerprint density at radius 2 is 0.667 bits per heavy atom. The number of carboxylic acid groups (broad SMARTS) is 1. The fourth-order valence-corrected chi connectivity index (χ4v) is 8.51. The van der Waals surface area contributed by atoms with Crippen molar-refractivity contribution < 1.29 is 42.9 Å². The standard InChI is InChI=1S/C72H119NO8/c1-6-8-10-12-14-16-18-20-22-24-26-27-28-29-30-31-32-33-34-35-36-37-38-39-40-41-42-43-45-47-49-51-53-55-57-59-61-63-70(75)81-68(67-80-72(71(76)77)78-65-64-73(3,4)5)66-79-69(74)62-60-58-56-54-52-50-48-46-44-25-23-21-19-17-15-13-11-9-7-2/h8-11,14-17,20-23,26-27,29-30,32-33,35-36,44,46,68,72H,6-7,12-13,18-19,24-25,28,31,34,37-43,45,47-67H2,1-5H3/p+1/b10-8-,11-9-,16-14-,17-15-,22-20-,23-21-,27-26-,30-29-,33-32-,36-35-,46-44-. The van der Waals surface area contributed by atoms with E-state index in [0.717, 1.165) is 128 Å². The Balaban J connectivity index is 4.14. The predicted molar refractivity (Wildman–Crippen MR) is 345 cm³/mol. The van der Waals surface area contributed by atoms with Gasteiger partial charge in [0.1, 0.15) is 13.2 Å². The smallest absolute Gasteiger partial charge is 0.361 e. The predicted octanol–water partition coefficient (Wildman–Crippen LogP) is 19.8. The van der Waals surface area contributed by atoms with Gasteiger partial charge in [-0.15, -0.1) is 0 Å². The number of unbranched alkanes of at least 4 members (excludes halogenated alkanes) is 21. The second-order valence-electron chi connectivity index (χ2n) is 22.3. The van der Waals surface area contributed by atoms with E-state index < -0.39 is 24.3 Å². The largest absolute Gasteiger partial charge is 0.477 e. The molecule has 460 valence electrons. The summed E-state index contributed by atoms with van der Waals surface area (Å²) in [4.78, 5) is 37.5. The molecule has 0 rings (SSSR count). The maximum atomic E-state index is 12.9. The van der Waals surface area contributed by atoms with Gasteiger partial charge in [-0.05, 0) is 109 Å². The van der Waals surface area contributed by atoms with E-state index in [-0.39, 0.29) is 38.6 Å². The zero-order chi connectivity index (χ0) is 59.1. The normalized spacial score (nSPS) is 13.6. The van der Waals surface area contributed by atoms with E-state index in [2.05, 4.69) is 148 Å². The molecule has 0 bridgehead atoms. The van der Waals surface area contributed by atoms with Crippen molar-refractivity contribution >= 4 is 17.9 Å². The van der Waals surface area contributed by atoms with Crippen molar-refractivity contribution in [3.63, 3.8) is 0 Å². The van der Waals surface area contributed by atoms with Gasteiger partial charge >= 0.3 is 17.9 Å². The maximum absolute atomic E-state index is 12.9. The fourth-order valence-electron chi connectivity index (χ4n) is 8.51. The molecule has 0 saturated heterocycles. The van der Waals surface area contributed by atoms with Crippen LogP contribution in [0.15, 0.2) is 134 Å². The molecule has 0 aliphatic carbocycles. The second kappa shape index (κ2) is 61.5. The monoisotopic (exact) mass is 1130 g/mol. The van der Waals surface area contributed by atoms with Crippen LogP contribution in [0.4, 0.5) is 0 Å². The van der Waals surface area contributed by atoms with Crippen molar-refractivity contribution in [2.45, 2.75) is 257 Å². The van der Waals surface area contributed by atoms with Crippen molar-refractivity contribution in [1.82, 2.24) is 0 Å². The first-order valence-electron chi connectivity index (χ1n) is 32.3. The average Bonchev–Trinajstić information content (AvgIpc) is 3.44. The molecule has 9 nitrogen and oxygen atoms in total. The minimum absolute atomic E-state index is 0.179. The first kappa shape index (κ1) is 76.4. The maximum Gasteiger partial charge on any atom is 0.361 e. The van der Waals surface area contributed by atoms with Gasteiger partial charge in [0.15, 0.2) is 6.10 Å². The number of carboxylic acids is 1. The molecule has 9 heteroatoms. The third-order valence-electron chi connectivity index (χ3n) is 13.4. The SMILES string of the molecule is CC/C=C\C/C=C\C/C=C\C/C=C\C/C=C\C/C=C\C/C=C\CCCCCCCCCCCCCCCCCC(=O)OC(COC(=O)CCCCCCCC/C=C\C/C=C\C/C=C\C/C=C\CC)COC(OCC[N+](C)(C)C)C(=O)O. The lowest BCUT2D eigenvalue weighted by Gasteiger charge is -2.25. The fraction of sp³-hybridized carbons (Fsp3) is 0.653. The van der Waals surface area contributed by atoms with Gasteiger partial charge in [0.05, 0.1) is 34.4 Å². The Hall–Kier alpha value is -4.57. The molecule has 0 aromatic rings. The number of rotatable bonds is 58. The highest BCUT2D eigenvalue weighted by molar-refractivity contribution is 5.71. The minimum Gasteiger partial charge on any atom is -0.477 e. The molecule has 0 fully saturated rings. The number of likely N-dealkylation sites (N-methyl/N-ethyl adjacent to an activating group) is 1. The van der Waals surface area contributed by atoms with Crippen LogP contribution in [0.3, 0.4) is 0 Å². The average molecular weight is 1130 g/mol. The Labute approximate surface area is 497 Å². The van der Waals surface area contributed by atoms with Gasteiger partial charge in [-0.1, -0.05) is 257 Å². The van der Waals surface area contributed by atoms with E-state index in [9.17, 15) is 19.5 Å². The van der Waals surface area contributed by atoms with Crippen LogP contribution < -0.4 is 0 Å². The molecular formula is C72H120NO8+. The Morgan fingerprint density at radius 1 is 0.370 bits per heavy atom. The molecule has 0 aliphatic rings. The number of hydrogen-bond acceptors (Lipinski definition) is 7. The minimum atomic E-state index is -1.52. The summed E-state index contributed by atoms with van der Waals surface area (Å²) >= 11 is 0. The topological polar surface area (TPSA) is 108 Å². The van der Waals surface area contributed by atoms with Gasteiger partial charge < -0.3 is 28.5 Å². The molecule has 0 heterocycles. The van der Waals surface area contributed by atoms with Gasteiger partial charge in [-0.3, -0.25) is 9.59 Å². The lowest BCUT2D eigenvalue weighted by atomic mass is 10.0. The van der Waals surface area contributed by atoms with Crippen molar-refractivity contribution in [2.75, 3.05) is 47.5 Å². The highest BCUT2D eigenvalue weighted by Crippen LogP contribution is 2.16. The lowest BCUT2D eigenvalue weighted by Crippen LogP contribution is -2.40. The molecule has 0 spiro atoms. The third-order valence-corrected chi connectivity index (χ3v) is 13.4. The molecule has 81 heavy (non-hydrogen) atoms. The molecule has 0 aromatic heterocycles. The van der Waals surface area contributed by atoms with Crippen LogP contribution in [0.5, 0.6) is 0 Å². The third kappa shape index (κ3) is 62.9. The van der Waals surface area contributed by atoms with Crippen LogP contribution >= 0.6 is 0 Å². The molecule has 0 radical (unpaired) electrons. The van der Waals surface area contributed by atoms with Gasteiger partial charge in [-0.25, -0.2) is 4.79 Å². The molecule has 0 saturated carbocycles. The van der Waals surface area contributed by atoms with Crippen LogP contribution in [-0.2, 0) is 33.3 Å².